The number of likely N-dealkylation sites (tertiary alicyclic amines) is 2. The van der Waals surface area contributed by atoms with E-state index in [0.717, 1.165) is 44.7 Å². The molecule has 7 nitrogen and oxygen atoms in total. The zero-order chi connectivity index (χ0) is 17.5. The Bertz CT molecular complexity index is 599. The number of hydrogen-bond acceptors (Lipinski definition) is 6. The topological polar surface area (TPSA) is 82.7 Å². The van der Waals surface area contributed by atoms with Crippen LogP contribution < -0.4 is 0 Å². The van der Waals surface area contributed by atoms with Gasteiger partial charge in [-0.1, -0.05) is 25.9 Å². The Kier molecular flexibility index (Phi) is 4.42. The number of aliphatic carboxylic acids is 1. The molecular formula is C17H28N4O3. The molecule has 0 amide bonds. The summed E-state index contributed by atoms with van der Waals surface area (Å²) in [5.41, 5.74) is 0.0274. The van der Waals surface area contributed by atoms with Crippen molar-refractivity contribution in [3.05, 3.63) is 11.7 Å². The third-order valence-corrected chi connectivity index (χ3v) is 5.42. The maximum absolute atomic E-state index is 11.3. The lowest BCUT2D eigenvalue weighted by Crippen LogP contribution is -2.41. The van der Waals surface area contributed by atoms with Gasteiger partial charge in [-0.2, -0.15) is 4.98 Å². The second kappa shape index (κ2) is 6.11. The second-order valence-electron chi connectivity index (χ2n) is 8.52. The van der Waals surface area contributed by atoms with E-state index in [9.17, 15) is 9.90 Å². The maximum atomic E-state index is 11.3. The summed E-state index contributed by atoms with van der Waals surface area (Å²) >= 11 is 0. The molecule has 1 aromatic heterocycles. The number of carboxylic acid groups (broad SMARTS) is 1. The predicted molar refractivity (Wildman–Crippen MR) is 88.6 cm³/mol. The van der Waals surface area contributed by atoms with Gasteiger partial charge in [0.05, 0.1) is 6.54 Å². The van der Waals surface area contributed by atoms with Crippen LogP contribution in [0.15, 0.2) is 4.52 Å². The van der Waals surface area contributed by atoms with Crippen molar-refractivity contribution >= 4 is 5.97 Å². The summed E-state index contributed by atoms with van der Waals surface area (Å²) in [5.74, 6) is 0.717. The Balaban J connectivity index is 1.56. The quantitative estimate of drug-likeness (QED) is 0.900. The average molecular weight is 336 g/mol. The van der Waals surface area contributed by atoms with E-state index in [1.54, 1.807) is 0 Å². The highest BCUT2D eigenvalue weighted by molar-refractivity contribution is 5.74. The number of carbonyl (C=O) groups is 1. The van der Waals surface area contributed by atoms with Crippen molar-refractivity contribution in [3.8, 4) is 0 Å². The summed E-state index contributed by atoms with van der Waals surface area (Å²) in [6, 6.07) is -0.330. The third kappa shape index (κ3) is 3.47. The van der Waals surface area contributed by atoms with E-state index in [-0.39, 0.29) is 16.9 Å². The van der Waals surface area contributed by atoms with Gasteiger partial charge in [0.1, 0.15) is 6.04 Å². The van der Waals surface area contributed by atoms with E-state index >= 15 is 0 Å². The van der Waals surface area contributed by atoms with Gasteiger partial charge in [-0.05, 0) is 44.8 Å². The maximum Gasteiger partial charge on any atom is 0.320 e. The number of carboxylic acids is 1. The monoisotopic (exact) mass is 336 g/mol. The standard InChI is InChI=1S/C17H28N4O3/c1-16(2,3)15-18-13(19-24-15)10-21-7-5-17(6-8-21)9-12(14(22)23)20(4)11-17/h12H,5-11H2,1-4H3,(H,22,23). The predicted octanol–water partition coefficient (Wildman–Crippen LogP) is 1.74. The molecule has 2 aliphatic rings. The molecule has 2 aliphatic heterocycles. The largest absolute Gasteiger partial charge is 0.480 e. The Morgan fingerprint density at radius 2 is 2.04 bits per heavy atom. The van der Waals surface area contributed by atoms with Gasteiger partial charge >= 0.3 is 5.97 Å². The summed E-state index contributed by atoms with van der Waals surface area (Å²) in [5, 5.41) is 13.4. The summed E-state index contributed by atoms with van der Waals surface area (Å²) in [7, 11) is 1.92. The molecule has 3 heterocycles. The van der Waals surface area contributed by atoms with Crippen LogP contribution in [-0.2, 0) is 16.8 Å². The summed E-state index contributed by atoms with van der Waals surface area (Å²) in [6.07, 6.45) is 2.83. The number of rotatable bonds is 3. The first-order valence-corrected chi connectivity index (χ1v) is 8.67. The van der Waals surface area contributed by atoms with Crippen molar-refractivity contribution in [2.24, 2.45) is 5.41 Å². The molecule has 1 N–H and O–H groups in total. The lowest BCUT2D eigenvalue weighted by Gasteiger charge is -2.38. The lowest BCUT2D eigenvalue weighted by atomic mass is 9.76. The highest BCUT2D eigenvalue weighted by Crippen LogP contribution is 2.43. The van der Waals surface area contributed by atoms with Gasteiger partial charge in [0.15, 0.2) is 5.82 Å². The minimum absolute atomic E-state index is 0.127. The minimum Gasteiger partial charge on any atom is -0.480 e. The third-order valence-electron chi connectivity index (χ3n) is 5.42. The normalized spacial score (nSPS) is 25.4. The molecule has 3 rings (SSSR count). The van der Waals surface area contributed by atoms with E-state index in [1.165, 1.54) is 0 Å². The minimum atomic E-state index is -0.696. The fourth-order valence-corrected chi connectivity index (χ4v) is 3.92. The number of hydrogen-bond donors (Lipinski definition) is 1. The van der Waals surface area contributed by atoms with E-state index in [0.29, 0.717) is 12.4 Å². The molecule has 7 heteroatoms. The molecule has 24 heavy (non-hydrogen) atoms. The molecule has 0 aromatic carbocycles. The first-order valence-electron chi connectivity index (χ1n) is 8.67. The highest BCUT2D eigenvalue weighted by atomic mass is 16.5. The Morgan fingerprint density at radius 3 is 2.54 bits per heavy atom. The molecule has 0 bridgehead atoms. The van der Waals surface area contributed by atoms with Gasteiger partial charge in [-0.3, -0.25) is 14.6 Å². The van der Waals surface area contributed by atoms with Crippen LogP contribution in [0, 0.1) is 5.41 Å². The van der Waals surface area contributed by atoms with Crippen molar-refractivity contribution in [2.45, 2.75) is 58.0 Å². The lowest BCUT2D eigenvalue weighted by molar-refractivity contribution is -0.141. The van der Waals surface area contributed by atoms with Crippen LogP contribution in [-0.4, -0.2) is 63.7 Å². The molecular weight excluding hydrogens is 308 g/mol. The van der Waals surface area contributed by atoms with E-state index in [4.69, 9.17) is 4.52 Å². The van der Waals surface area contributed by atoms with Gasteiger partial charge in [0.25, 0.3) is 0 Å². The van der Waals surface area contributed by atoms with Crippen LogP contribution in [0.3, 0.4) is 0 Å². The van der Waals surface area contributed by atoms with Crippen molar-refractivity contribution < 1.29 is 14.4 Å². The molecule has 1 spiro atoms. The van der Waals surface area contributed by atoms with E-state index < -0.39 is 5.97 Å². The Labute approximate surface area is 143 Å². The molecule has 0 radical (unpaired) electrons. The number of likely N-dealkylation sites (N-methyl/N-ethyl adjacent to an activating group) is 1. The van der Waals surface area contributed by atoms with Crippen LogP contribution in [0.2, 0.25) is 0 Å². The zero-order valence-electron chi connectivity index (χ0n) is 15.1. The molecule has 1 aromatic rings. The molecule has 0 aliphatic carbocycles. The number of nitrogens with zero attached hydrogens (tertiary/aromatic N) is 4. The molecule has 1 atom stereocenters. The van der Waals surface area contributed by atoms with Gasteiger partial charge in [-0.25, -0.2) is 0 Å². The number of aromatic nitrogens is 2. The van der Waals surface area contributed by atoms with Crippen LogP contribution in [0.1, 0.15) is 51.7 Å². The average Bonchev–Trinajstić information content (AvgIpc) is 3.07. The van der Waals surface area contributed by atoms with Crippen molar-refractivity contribution in [1.29, 1.82) is 0 Å². The van der Waals surface area contributed by atoms with Crippen molar-refractivity contribution in [2.75, 3.05) is 26.7 Å². The van der Waals surface area contributed by atoms with Crippen molar-refractivity contribution in [3.63, 3.8) is 0 Å². The Morgan fingerprint density at radius 1 is 1.38 bits per heavy atom. The summed E-state index contributed by atoms with van der Waals surface area (Å²) in [6.45, 7) is 9.68. The van der Waals surface area contributed by atoms with Crippen molar-refractivity contribution in [1.82, 2.24) is 19.9 Å². The smallest absolute Gasteiger partial charge is 0.320 e. The number of piperidine rings is 1. The first-order chi connectivity index (χ1) is 11.2. The Hall–Kier alpha value is -1.47. The van der Waals surface area contributed by atoms with Gasteiger partial charge < -0.3 is 9.63 Å². The fourth-order valence-electron chi connectivity index (χ4n) is 3.92. The van der Waals surface area contributed by atoms with Crippen LogP contribution in [0.4, 0.5) is 0 Å². The van der Waals surface area contributed by atoms with Crippen LogP contribution in [0.5, 0.6) is 0 Å². The van der Waals surface area contributed by atoms with E-state index in [2.05, 4.69) is 35.8 Å². The van der Waals surface area contributed by atoms with Gasteiger partial charge in [0, 0.05) is 12.0 Å². The first kappa shape index (κ1) is 17.4. The van der Waals surface area contributed by atoms with E-state index in [1.807, 2.05) is 11.9 Å². The SMILES string of the molecule is CN1CC2(CCN(Cc3noc(C(C)(C)C)n3)CC2)CC1C(=O)O. The van der Waals surface area contributed by atoms with Gasteiger partial charge in [-0.15, -0.1) is 0 Å². The summed E-state index contributed by atoms with van der Waals surface area (Å²) < 4.78 is 5.36. The van der Waals surface area contributed by atoms with Gasteiger partial charge in [0.2, 0.25) is 5.89 Å². The molecule has 1 unspecified atom stereocenters. The molecule has 2 fully saturated rings. The van der Waals surface area contributed by atoms with Crippen LogP contribution >= 0.6 is 0 Å². The van der Waals surface area contributed by atoms with Crippen LogP contribution in [0.25, 0.3) is 0 Å². The highest BCUT2D eigenvalue weighted by Gasteiger charge is 2.46. The molecule has 134 valence electrons. The fraction of sp³-hybridized carbons (Fsp3) is 0.824. The zero-order valence-corrected chi connectivity index (χ0v) is 15.1. The molecule has 0 saturated carbocycles. The summed E-state index contributed by atoms with van der Waals surface area (Å²) in [4.78, 5) is 20.2. The second-order valence-corrected chi connectivity index (χ2v) is 8.52. The molecule has 2 saturated heterocycles.